The number of benzene rings is 2. The average molecular weight is 328 g/mol. The van der Waals surface area contributed by atoms with Crippen LogP contribution in [0.4, 0.5) is 0 Å². The third kappa shape index (κ3) is 2.83. The van der Waals surface area contributed by atoms with E-state index in [1.165, 1.54) is 5.56 Å². The van der Waals surface area contributed by atoms with E-state index >= 15 is 0 Å². The van der Waals surface area contributed by atoms with Crippen molar-refractivity contribution in [2.24, 2.45) is 5.92 Å². The fraction of sp³-hybridized carbons (Fsp3) is 0.316. The summed E-state index contributed by atoms with van der Waals surface area (Å²) in [6.07, 6.45) is 1.72. The van der Waals surface area contributed by atoms with Gasteiger partial charge in [0.15, 0.2) is 9.84 Å². The molecule has 1 fully saturated rings. The molecular weight excluding hydrogens is 308 g/mol. The van der Waals surface area contributed by atoms with Gasteiger partial charge in [-0.3, -0.25) is 0 Å². The third-order valence-corrected chi connectivity index (χ3v) is 6.90. The molecule has 3 nitrogen and oxygen atoms in total. The van der Waals surface area contributed by atoms with Crippen LogP contribution >= 0.6 is 0 Å². The lowest BCUT2D eigenvalue weighted by molar-refractivity contribution is -0.108. The first-order valence-electron chi connectivity index (χ1n) is 7.83. The molecule has 4 heteroatoms. The molecule has 3 rings (SSSR count). The lowest BCUT2D eigenvalue weighted by atomic mass is 10.1. The maximum atomic E-state index is 12.8. The summed E-state index contributed by atoms with van der Waals surface area (Å²) in [4.78, 5) is 11.7. The number of aldehydes is 1. The molecule has 0 amide bonds. The smallest absolute Gasteiger partial charge is 0.182 e. The average Bonchev–Trinajstić information content (AvgIpc) is 3.31. The molecule has 0 heterocycles. The van der Waals surface area contributed by atoms with E-state index < -0.39 is 21.0 Å². The molecule has 0 N–H and O–H groups in total. The Hall–Kier alpha value is -1.94. The first-order valence-corrected chi connectivity index (χ1v) is 9.38. The van der Waals surface area contributed by atoms with Crippen molar-refractivity contribution in [1.82, 2.24) is 0 Å². The van der Waals surface area contributed by atoms with Gasteiger partial charge in [-0.1, -0.05) is 48.9 Å². The van der Waals surface area contributed by atoms with Gasteiger partial charge in [-0.2, -0.15) is 0 Å². The summed E-state index contributed by atoms with van der Waals surface area (Å²) < 4.78 is 25.6. The van der Waals surface area contributed by atoms with Crippen LogP contribution in [0.25, 0.3) is 0 Å². The molecule has 0 aromatic heterocycles. The molecule has 1 saturated carbocycles. The predicted octanol–water partition coefficient (Wildman–Crippen LogP) is 3.31. The summed E-state index contributed by atoms with van der Waals surface area (Å²) in [7, 11) is -3.49. The van der Waals surface area contributed by atoms with Crippen molar-refractivity contribution >= 4 is 16.1 Å². The van der Waals surface area contributed by atoms with Gasteiger partial charge < -0.3 is 4.79 Å². The fourth-order valence-electron chi connectivity index (χ4n) is 3.14. The lowest BCUT2D eigenvalue weighted by Crippen LogP contribution is -2.11. The molecule has 0 aliphatic heterocycles. The van der Waals surface area contributed by atoms with E-state index in [0.717, 1.165) is 23.8 Å². The highest BCUT2D eigenvalue weighted by atomic mass is 32.2. The van der Waals surface area contributed by atoms with Crippen LogP contribution in [0, 0.1) is 12.8 Å². The second-order valence-electron chi connectivity index (χ2n) is 6.16. The minimum absolute atomic E-state index is 0.232. The van der Waals surface area contributed by atoms with E-state index in [0.29, 0.717) is 4.90 Å². The zero-order valence-electron chi connectivity index (χ0n) is 13.3. The highest BCUT2D eigenvalue weighted by Crippen LogP contribution is 2.52. The number of sulfone groups is 1. The minimum atomic E-state index is -3.49. The summed E-state index contributed by atoms with van der Waals surface area (Å²) >= 11 is 0. The number of hydrogen-bond acceptors (Lipinski definition) is 3. The number of rotatable bonds is 5. The standard InChI is InChI=1S/C19H20O3S/c1-3-14-6-8-15(9-7-14)18-17(12-20)19(18)23(21,22)16-10-4-13(2)5-11-16/h4-12,17-19H,3H2,1-2H3/t17-,18-,19-/m1/s1. The Bertz CT molecular complexity index is 805. The van der Waals surface area contributed by atoms with Crippen LogP contribution in [-0.4, -0.2) is 20.0 Å². The Morgan fingerprint density at radius 1 is 1.00 bits per heavy atom. The van der Waals surface area contributed by atoms with Crippen molar-refractivity contribution < 1.29 is 13.2 Å². The minimum Gasteiger partial charge on any atom is -0.303 e. The van der Waals surface area contributed by atoms with Crippen molar-refractivity contribution in [1.29, 1.82) is 0 Å². The molecule has 0 saturated heterocycles. The fourth-order valence-corrected chi connectivity index (χ4v) is 5.25. The van der Waals surface area contributed by atoms with Crippen LogP contribution in [0.3, 0.4) is 0 Å². The molecule has 2 aromatic carbocycles. The zero-order valence-corrected chi connectivity index (χ0v) is 14.1. The third-order valence-electron chi connectivity index (χ3n) is 4.64. The van der Waals surface area contributed by atoms with Crippen LogP contribution in [0.2, 0.25) is 0 Å². The highest BCUT2D eigenvalue weighted by Gasteiger charge is 2.58. The van der Waals surface area contributed by atoms with Gasteiger partial charge in [0.2, 0.25) is 0 Å². The maximum absolute atomic E-state index is 12.8. The quantitative estimate of drug-likeness (QED) is 0.791. The largest absolute Gasteiger partial charge is 0.303 e. The van der Waals surface area contributed by atoms with Crippen LogP contribution in [-0.2, 0) is 21.1 Å². The van der Waals surface area contributed by atoms with Gasteiger partial charge in [-0.25, -0.2) is 8.42 Å². The number of hydrogen-bond donors (Lipinski definition) is 0. The molecule has 0 spiro atoms. The summed E-state index contributed by atoms with van der Waals surface area (Å²) in [5.74, 6) is -0.682. The monoisotopic (exact) mass is 328 g/mol. The summed E-state index contributed by atoms with van der Waals surface area (Å²) in [5.41, 5.74) is 3.15. The van der Waals surface area contributed by atoms with Crippen LogP contribution in [0.15, 0.2) is 53.4 Å². The highest BCUT2D eigenvalue weighted by molar-refractivity contribution is 7.92. The maximum Gasteiger partial charge on any atom is 0.182 e. The van der Waals surface area contributed by atoms with Crippen LogP contribution in [0.1, 0.15) is 29.5 Å². The van der Waals surface area contributed by atoms with Crippen molar-refractivity contribution in [3.63, 3.8) is 0 Å². The van der Waals surface area contributed by atoms with Gasteiger partial charge in [0, 0.05) is 11.8 Å². The molecule has 1 aliphatic carbocycles. The van der Waals surface area contributed by atoms with E-state index in [1.54, 1.807) is 24.3 Å². The molecule has 2 aromatic rings. The van der Waals surface area contributed by atoms with Crippen molar-refractivity contribution in [3.8, 4) is 0 Å². The van der Waals surface area contributed by atoms with E-state index in [9.17, 15) is 13.2 Å². The van der Waals surface area contributed by atoms with E-state index in [1.807, 2.05) is 31.2 Å². The zero-order chi connectivity index (χ0) is 16.6. The predicted molar refractivity (Wildman–Crippen MR) is 90.3 cm³/mol. The van der Waals surface area contributed by atoms with Crippen molar-refractivity contribution in [3.05, 3.63) is 65.2 Å². The molecular formula is C19H20O3S. The molecule has 23 heavy (non-hydrogen) atoms. The topological polar surface area (TPSA) is 51.2 Å². The van der Waals surface area contributed by atoms with Gasteiger partial charge in [0.1, 0.15) is 6.29 Å². The van der Waals surface area contributed by atoms with E-state index in [4.69, 9.17) is 0 Å². The Morgan fingerprint density at radius 2 is 1.61 bits per heavy atom. The van der Waals surface area contributed by atoms with Gasteiger partial charge in [0.05, 0.1) is 10.1 Å². The number of carbonyl (C=O) groups excluding carboxylic acids is 1. The van der Waals surface area contributed by atoms with Gasteiger partial charge in [-0.15, -0.1) is 0 Å². The molecule has 0 radical (unpaired) electrons. The van der Waals surface area contributed by atoms with Gasteiger partial charge in [-0.05, 0) is 36.6 Å². The Labute approximate surface area is 137 Å². The summed E-state index contributed by atoms with van der Waals surface area (Å²) in [6.45, 7) is 3.99. The van der Waals surface area contributed by atoms with E-state index in [2.05, 4.69) is 6.92 Å². The Kier molecular flexibility index (Phi) is 4.11. The first-order chi connectivity index (χ1) is 11.0. The summed E-state index contributed by atoms with van der Waals surface area (Å²) in [5, 5.41) is -0.643. The normalized spacial score (nSPS) is 23.5. The molecule has 3 atom stereocenters. The number of aryl methyl sites for hydroxylation is 2. The molecule has 1 aliphatic rings. The molecule has 120 valence electrons. The van der Waals surface area contributed by atoms with Crippen LogP contribution in [0.5, 0.6) is 0 Å². The Balaban J connectivity index is 1.92. The summed E-state index contributed by atoms with van der Waals surface area (Å²) in [6, 6.07) is 14.7. The first kappa shape index (κ1) is 15.9. The van der Waals surface area contributed by atoms with Crippen molar-refractivity contribution in [2.75, 3.05) is 0 Å². The van der Waals surface area contributed by atoms with E-state index in [-0.39, 0.29) is 5.92 Å². The Morgan fingerprint density at radius 3 is 2.13 bits per heavy atom. The van der Waals surface area contributed by atoms with Crippen LogP contribution < -0.4 is 0 Å². The second-order valence-corrected chi connectivity index (χ2v) is 8.26. The number of carbonyl (C=O) groups is 1. The van der Waals surface area contributed by atoms with Gasteiger partial charge in [0.25, 0.3) is 0 Å². The molecule has 0 bridgehead atoms. The van der Waals surface area contributed by atoms with Gasteiger partial charge >= 0.3 is 0 Å². The lowest BCUT2D eigenvalue weighted by Gasteiger charge is -2.05. The molecule has 0 unspecified atom stereocenters. The van der Waals surface area contributed by atoms with Crippen molar-refractivity contribution in [2.45, 2.75) is 36.3 Å². The second kappa shape index (κ2) is 5.93. The SMILES string of the molecule is CCc1ccc([C@@H]2[C@@H](C=O)[C@H]2S(=O)(=O)c2ccc(C)cc2)cc1.